The first-order valence-electron chi connectivity index (χ1n) is 8.72. The first-order valence-corrected chi connectivity index (χ1v) is 10.2. The molecule has 0 spiro atoms. The standard InChI is InChI=1S/C18H20F3N3O3S/c1-12-10-13(2)23-17(22-12)27-15-4-3-9-24(11-15)28(25,26)16-7-5-14(6-8-16)18(19,20)21/h5-8,10,15H,3-4,9,11H2,1-2H3. The average molecular weight is 415 g/mol. The lowest BCUT2D eigenvalue weighted by molar-refractivity contribution is -0.137. The van der Waals surface area contributed by atoms with Gasteiger partial charge in [0.15, 0.2) is 0 Å². The average Bonchev–Trinajstić information content (AvgIpc) is 2.60. The summed E-state index contributed by atoms with van der Waals surface area (Å²) in [6.07, 6.45) is -3.75. The molecule has 1 atom stereocenters. The molecule has 1 unspecified atom stereocenters. The van der Waals surface area contributed by atoms with Crippen molar-refractivity contribution in [2.75, 3.05) is 13.1 Å². The second kappa shape index (κ2) is 7.67. The van der Waals surface area contributed by atoms with Gasteiger partial charge in [-0.1, -0.05) is 0 Å². The molecule has 1 aliphatic rings. The van der Waals surface area contributed by atoms with Gasteiger partial charge in [-0.05, 0) is 57.0 Å². The number of hydrogen-bond acceptors (Lipinski definition) is 5. The molecule has 1 aliphatic heterocycles. The number of aromatic nitrogens is 2. The van der Waals surface area contributed by atoms with Gasteiger partial charge in [-0.3, -0.25) is 0 Å². The molecule has 3 rings (SSSR count). The van der Waals surface area contributed by atoms with Gasteiger partial charge in [0.05, 0.1) is 17.0 Å². The quantitative estimate of drug-likeness (QED) is 0.766. The van der Waals surface area contributed by atoms with Crippen molar-refractivity contribution in [1.29, 1.82) is 0 Å². The Morgan fingerprint density at radius 3 is 2.29 bits per heavy atom. The van der Waals surface area contributed by atoms with Crippen LogP contribution >= 0.6 is 0 Å². The van der Waals surface area contributed by atoms with E-state index in [1.165, 1.54) is 4.31 Å². The summed E-state index contributed by atoms with van der Waals surface area (Å²) in [4.78, 5) is 8.22. The van der Waals surface area contributed by atoms with Crippen LogP contribution in [0.5, 0.6) is 6.01 Å². The van der Waals surface area contributed by atoms with Gasteiger partial charge >= 0.3 is 12.2 Å². The predicted molar refractivity (Wildman–Crippen MR) is 95.4 cm³/mol. The number of aryl methyl sites for hydroxylation is 2. The van der Waals surface area contributed by atoms with Gasteiger partial charge in [0.2, 0.25) is 10.0 Å². The van der Waals surface area contributed by atoms with E-state index in [0.29, 0.717) is 12.8 Å². The summed E-state index contributed by atoms with van der Waals surface area (Å²) in [6, 6.07) is 5.50. The fourth-order valence-electron chi connectivity index (χ4n) is 3.08. The number of benzene rings is 1. The van der Waals surface area contributed by atoms with Gasteiger partial charge in [-0.2, -0.15) is 17.5 Å². The molecule has 10 heteroatoms. The Bertz CT molecular complexity index is 927. The Morgan fingerprint density at radius 1 is 1.11 bits per heavy atom. The normalized spacial score (nSPS) is 18.8. The topological polar surface area (TPSA) is 72.4 Å². The maximum Gasteiger partial charge on any atom is 0.416 e. The minimum absolute atomic E-state index is 0.0830. The van der Waals surface area contributed by atoms with E-state index < -0.39 is 27.9 Å². The van der Waals surface area contributed by atoms with Crippen molar-refractivity contribution < 1.29 is 26.3 Å². The molecular formula is C18H20F3N3O3S. The van der Waals surface area contributed by atoms with E-state index in [9.17, 15) is 21.6 Å². The summed E-state index contributed by atoms with van der Waals surface area (Å²) < 4.78 is 70.7. The molecule has 0 radical (unpaired) electrons. The van der Waals surface area contributed by atoms with Crippen LogP contribution in [-0.4, -0.2) is 41.9 Å². The van der Waals surface area contributed by atoms with Gasteiger partial charge < -0.3 is 4.74 Å². The van der Waals surface area contributed by atoms with Gasteiger partial charge in [-0.15, -0.1) is 0 Å². The molecule has 28 heavy (non-hydrogen) atoms. The number of hydrogen-bond donors (Lipinski definition) is 0. The van der Waals surface area contributed by atoms with Crippen molar-refractivity contribution >= 4 is 10.0 Å². The van der Waals surface area contributed by atoms with Crippen molar-refractivity contribution in [2.24, 2.45) is 0 Å². The Balaban J connectivity index is 1.75. The third-order valence-electron chi connectivity index (χ3n) is 4.39. The largest absolute Gasteiger partial charge is 0.459 e. The maximum atomic E-state index is 12.8. The first-order chi connectivity index (χ1) is 13.1. The molecule has 6 nitrogen and oxygen atoms in total. The zero-order valence-electron chi connectivity index (χ0n) is 15.4. The molecule has 1 saturated heterocycles. The van der Waals surface area contributed by atoms with Crippen LogP contribution in [0, 0.1) is 13.8 Å². The minimum Gasteiger partial charge on any atom is -0.459 e. The van der Waals surface area contributed by atoms with Crippen molar-refractivity contribution in [3.05, 3.63) is 47.3 Å². The zero-order valence-corrected chi connectivity index (χ0v) is 16.2. The third-order valence-corrected chi connectivity index (χ3v) is 6.27. The van der Waals surface area contributed by atoms with E-state index in [0.717, 1.165) is 35.7 Å². The smallest absolute Gasteiger partial charge is 0.416 e. The molecule has 0 bridgehead atoms. The van der Waals surface area contributed by atoms with Crippen LogP contribution in [0.4, 0.5) is 13.2 Å². The van der Waals surface area contributed by atoms with E-state index in [2.05, 4.69) is 9.97 Å². The molecule has 2 aromatic rings. The van der Waals surface area contributed by atoms with Crippen molar-refractivity contribution in [2.45, 2.75) is 43.9 Å². The minimum atomic E-state index is -4.52. The fourth-order valence-corrected chi connectivity index (χ4v) is 4.59. The van der Waals surface area contributed by atoms with E-state index in [4.69, 9.17) is 4.74 Å². The Morgan fingerprint density at radius 2 is 1.71 bits per heavy atom. The molecule has 0 N–H and O–H groups in total. The molecule has 0 aliphatic carbocycles. The summed E-state index contributed by atoms with van der Waals surface area (Å²) in [5, 5.41) is 0. The number of piperidine rings is 1. The van der Waals surface area contributed by atoms with Crippen molar-refractivity contribution in [3.8, 4) is 6.01 Å². The van der Waals surface area contributed by atoms with Crippen LogP contribution in [-0.2, 0) is 16.2 Å². The summed E-state index contributed by atoms with van der Waals surface area (Å²) in [5.41, 5.74) is 0.596. The molecular weight excluding hydrogens is 395 g/mol. The molecule has 152 valence electrons. The van der Waals surface area contributed by atoms with Crippen LogP contribution in [0.15, 0.2) is 35.2 Å². The second-order valence-corrected chi connectivity index (χ2v) is 8.64. The predicted octanol–water partition coefficient (Wildman–Crippen LogP) is 3.34. The highest BCUT2D eigenvalue weighted by molar-refractivity contribution is 7.89. The van der Waals surface area contributed by atoms with Crippen LogP contribution in [0.2, 0.25) is 0 Å². The Kier molecular flexibility index (Phi) is 5.62. The van der Waals surface area contributed by atoms with Crippen LogP contribution in [0.1, 0.15) is 29.8 Å². The Labute approximate surface area is 161 Å². The fraction of sp³-hybridized carbons (Fsp3) is 0.444. The SMILES string of the molecule is Cc1cc(C)nc(OC2CCCN(S(=O)(=O)c3ccc(C(F)(F)F)cc3)C2)n1. The summed E-state index contributed by atoms with van der Waals surface area (Å²) >= 11 is 0. The van der Waals surface area contributed by atoms with Crippen molar-refractivity contribution in [3.63, 3.8) is 0 Å². The zero-order chi connectivity index (χ0) is 20.5. The van der Waals surface area contributed by atoms with Gasteiger partial charge in [-0.25, -0.2) is 18.4 Å². The lowest BCUT2D eigenvalue weighted by Gasteiger charge is -2.31. The van der Waals surface area contributed by atoms with Crippen LogP contribution in [0.25, 0.3) is 0 Å². The van der Waals surface area contributed by atoms with E-state index in [1.54, 1.807) is 6.07 Å². The number of sulfonamides is 1. The monoisotopic (exact) mass is 415 g/mol. The third kappa shape index (κ3) is 4.61. The van der Waals surface area contributed by atoms with E-state index >= 15 is 0 Å². The molecule has 0 saturated carbocycles. The number of nitrogens with zero attached hydrogens (tertiary/aromatic N) is 3. The number of halogens is 3. The Hall–Kier alpha value is -2.20. The summed E-state index contributed by atoms with van der Waals surface area (Å²) in [5.74, 6) is 0. The molecule has 2 heterocycles. The molecule has 0 amide bonds. The van der Waals surface area contributed by atoms with E-state index in [1.807, 2.05) is 13.8 Å². The van der Waals surface area contributed by atoms with Crippen LogP contribution < -0.4 is 4.74 Å². The van der Waals surface area contributed by atoms with Crippen molar-refractivity contribution in [1.82, 2.24) is 14.3 Å². The highest BCUT2D eigenvalue weighted by atomic mass is 32.2. The highest BCUT2D eigenvalue weighted by Gasteiger charge is 2.34. The van der Waals surface area contributed by atoms with Gasteiger partial charge in [0, 0.05) is 17.9 Å². The lowest BCUT2D eigenvalue weighted by atomic mass is 10.1. The first kappa shape index (κ1) is 20.5. The lowest BCUT2D eigenvalue weighted by Crippen LogP contribution is -2.44. The molecule has 1 aromatic heterocycles. The summed E-state index contributed by atoms with van der Waals surface area (Å²) in [6.45, 7) is 3.98. The second-order valence-electron chi connectivity index (χ2n) is 6.70. The highest BCUT2D eigenvalue weighted by Crippen LogP contribution is 2.30. The molecule has 1 fully saturated rings. The van der Waals surface area contributed by atoms with Gasteiger partial charge in [0.1, 0.15) is 6.10 Å². The van der Waals surface area contributed by atoms with E-state index in [-0.39, 0.29) is 24.0 Å². The number of alkyl halides is 3. The number of ether oxygens (including phenoxy) is 1. The van der Waals surface area contributed by atoms with Gasteiger partial charge in [0.25, 0.3) is 0 Å². The molecule has 1 aromatic carbocycles. The summed E-state index contributed by atoms with van der Waals surface area (Å²) in [7, 11) is -3.92. The number of rotatable bonds is 4. The van der Waals surface area contributed by atoms with Crippen LogP contribution in [0.3, 0.4) is 0 Å². The maximum absolute atomic E-state index is 12.8.